The molecule has 0 aromatic rings. The van der Waals surface area contributed by atoms with Crippen LogP contribution in [0.5, 0.6) is 0 Å². The Bertz CT molecular complexity index is 185. The van der Waals surface area contributed by atoms with Crippen molar-refractivity contribution in [1.82, 2.24) is 10.6 Å². The Morgan fingerprint density at radius 3 is 2.75 bits per heavy atom. The van der Waals surface area contributed by atoms with Gasteiger partial charge in [0.05, 0.1) is 0 Å². The molecule has 0 atom stereocenters. The number of hydrogen-bond donors (Lipinski definition) is 2. The van der Waals surface area contributed by atoms with Gasteiger partial charge in [-0.1, -0.05) is 13.3 Å². The number of unbranched alkanes of at least 4 members (excludes halogenated alkanes) is 1. The maximum atomic E-state index is 11.4. The van der Waals surface area contributed by atoms with Crippen LogP contribution < -0.4 is 10.6 Å². The monoisotopic (exact) mass is 250 g/mol. The van der Waals surface area contributed by atoms with Crippen molar-refractivity contribution in [2.24, 2.45) is 0 Å². The highest BCUT2D eigenvalue weighted by molar-refractivity contribution is 5.85. The molecular weight excluding hydrogens is 228 g/mol. The largest absolute Gasteiger partial charge is 0.372 e. The third-order valence-corrected chi connectivity index (χ3v) is 2.58. The summed E-state index contributed by atoms with van der Waals surface area (Å²) < 4.78 is 5.25. The molecule has 1 aliphatic rings. The van der Waals surface area contributed by atoms with E-state index in [0.29, 0.717) is 12.6 Å². The molecule has 0 saturated carbocycles. The molecular formula is C11H23ClN2O2. The van der Waals surface area contributed by atoms with Crippen LogP contribution in [0, 0.1) is 0 Å². The van der Waals surface area contributed by atoms with Crippen molar-refractivity contribution in [3.63, 3.8) is 0 Å². The van der Waals surface area contributed by atoms with Gasteiger partial charge in [0.1, 0.15) is 6.61 Å². The van der Waals surface area contributed by atoms with E-state index in [1.165, 1.54) is 0 Å². The van der Waals surface area contributed by atoms with E-state index in [1.54, 1.807) is 0 Å². The van der Waals surface area contributed by atoms with E-state index in [0.717, 1.165) is 38.8 Å². The van der Waals surface area contributed by atoms with E-state index in [2.05, 4.69) is 17.6 Å². The average Bonchev–Trinajstić information content (AvgIpc) is 2.26. The van der Waals surface area contributed by atoms with Crippen molar-refractivity contribution in [1.29, 1.82) is 0 Å². The lowest BCUT2D eigenvalue weighted by atomic mass is 10.1. The second-order valence-electron chi connectivity index (χ2n) is 4.00. The van der Waals surface area contributed by atoms with Crippen LogP contribution >= 0.6 is 12.4 Å². The molecule has 0 unspecified atom stereocenters. The lowest BCUT2D eigenvalue weighted by Gasteiger charge is -2.23. The van der Waals surface area contributed by atoms with Gasteiger partial charge in [0, 0.05) is 12.6 Å². The normalized spacial score (nSPS) is 16.6. The predicted octanol–water partition coefficient (Wildman–Crippen LogP) is 1.09. The molecule has 0 aliphatic carbocycles. The van der Waals surface area contributed by atoms with Crippen LogP contribution in [0.4, 0.5) is 0 Å². The molecule has 0 aromatic heterocycles. The third-order valence-electron chi connectivity index (χ3n) is 2.58. The van der Waals surface area contributed by atoms with Crippen molar-refractivity contribution < 1.29 is 9.53 Å². The minimum Gasteiger partial charge on any atom is -0.372 e. The van der Waals surface area contributed by atoms with Gasteiger partial charge in [-0.15, -0.1) is 12.4 Å². The Labute approximate surface area is 104 Å². The van der Waals surface area contributed by atoms with Gasteiger partial charge in [-0.25, -0.2) is 0 Å². The van der Waals surface area contributed by atoms with Gasteiger partial charge in [-0.05, 0) is 32.4 Å². The first-order valence-corrected chi connectivity index (χ1v) is 5.90. The number of piperidine rings is 1. The van der Waals surface area contributed by atoms with Crippen molar-refractivity contribution in [3.8, 4) is 0 Å². The Hall–Kier alpha value is -0.320. The van der Waals surface area contributed by atoms with E-state index < -0.39 is 0 Å². The summed E-state index contributed by atoms with van der Waals surface area (Å²) in [6, 6.07) is 0.341. The lowest BCUT2D eigenvalue weighted by molar-refractivity contribution is -0.126. The molecule has 16 heavy (non-hydrogen) atoms. The number of amides is 1. The first-order chi connectivity index (χ1) is 7.33. The van der Waals surface area contributed by atoms with E-state index in [4.69, 9.17) is 4.74 Å². The van der Waals surface area contributed by atoms with E-state index in [1.807, 2.05) is 0 Å². The van der Waals surface area contributed by atoms with E-state index in [9.17, 15) is 4.79 Å². The minimum atomic E-state index is 0. The van der Waals surface area contributed by atoms with Crippen LogP contribution in [0.25, 0.3) is 0 Å². The third kappa shape index (κ3) is 7.04. The first kappa shape index (κ1) is 15.7. The standard InChI is InChI=1S/C11H22N2O2.ClH/c1-2-3-8-15-9-11(14)13-10-4-6-12-7-5-10;/h10,12H,2-9H2,1H3,(H,13,14);1H. The topological polar surface area (TPSA) is 50.4 Å². The summed E-state index contributed by atoms with van der Waals surface area (Å²) in [5, 5.41) is 6.26. The molecule has 1 fully saturated rings. The molecule has 5 heteroatoms. The Balaban J connectivity index is 0.00000225. The fourth-order valence-corrected chi connectivity index (χ4v) is 1.65. The van der Waals surface area contributed by atoms with Crippen molar-refractivity contribution in [2.45, 2.75) is 38.6 Å². The Kier molecular flexibility index (Phi) is 9.68. The molecule has 1 aliphatic heterocycles. The van der Waals surface area contributed by atoms with Gasteiger partial charge in [-0.2, -0.15) is 0 Å². The van der Waals surface area contributed by atoms with Crippen molar-refractivity contribution in [3.05, 3.63) is 0 Å². The highest BCUT2D eigenvalue weighted by atomic mass is 35.5. The molecule has 0 radical (unpaired) electrons. The highest BCUT2D eigenvalue weighted by Gasteiger charge is 2.14. The molecule has 1 saturated heterocycles. The summed E-state index contributed by atoms with van der Waals surface area (Å²) in [6.45, 7) is 5.02. The summed E-state index contributed by atoms with van der Waals surface area (Å²) in [5.74, 6) is 0.0259. The maximum Gasteiger partial charge on any atom is 0.246 e. The minimum absolute atomic E-state index is 0. The number of nitrogens with one attached hydrogen (secondary N) is 2. The molecule has 1 rings (SSSR count). The second-order valence-corrected chi connectivity index (χ2v) is 4.00. The Morgan fingerprint density at radius 1 is 1.44 bits per heavy atom. The molecule has 1 heterocycles. The van der Waals surface area contributed by atoms with E-state index >= 15 is 0 Å². The van der Waals surface area contributed by atoms with Crippen LogP contribution in [0.2, 0.25) is 0 Å². The van der Waals surface area contributed by atoms with Crippen LogP contribution in [-0.2, 0) is 9.53 Å². The summed E-state index contributed by atoms with van der Waals surface area (Å²) in [5.41, 5.74) is 0. The van der Waals surface area contributed by atoms with Gasteiger partial charge >= 0.3 is 0 Å². The number of carbonyl (C=O) groups excluding carboxylic acids is 1. The molecule has 2 N–H and O–H groups in total. The molecule has 0 spiro atoms. The zero-order valence-electron chi connectivity index (χ0n) is 9.96. The summed E-state index contributed by atoms with van der Waals surface area (Å²) in [7, 11) is 0. The molecule has 96 valence electrons. The fraction of sp³-hybridized carbons (Fsp3) is 0.909. The molecule has 0 bridgehead atoms. The highest BCUT2D eigenvalue weighted by Crippen LogP contribution is 2.01. The average molecular weight is 251 g/mol. The van der Waals surface area contributed by atoms with Crippen LogP contribution in [0.15, 0.2) is 0 Å². The van der Waals surface area contributed by atoms with Crippen LogP contribution in [0.3, 0.4) is 0 Å². The SMILES string of the molecule is CCCCOCC(=O)NC1CCNCC1.Cl. The maximum absolute atomic E-state index is 11.4. The predicted molar refractivity (Wildman–Crippen MR) is 67.0 cm³/mol. The van der Waals surface area contributed by atoms with E-state index in [-0.39, 0.29) is 24.9 Å². The zero-order valence-corrected chi connectivity index (χ0v) is 10.8. The van der Waals surface area contributed by atoms with Crippen molar-refractivity contribution in [2.75, 3.05) is 26.3 Å². The quantitative estimate of drug-likeness (QED) is 0.694. The molecule has 0 aromatic carbocycles. The van der Waals surface area contributed by atoms with Gasteiger partial charge < -0.3 is 15.4 Å². The Morgan fingerprint density at radius 2 is 2.12 bits per heavy atom. The molecule has 1 amide bonds. The number of ether oxygens (including phenoxy) is 1. The number of hydrogen-bond acceptors (Lipinski definition) is 3. The summed E-state index contributed by atoms with van der Waals surface area (Å²) in [4.78, 5) is 11.4. The number of halogens is 1. The number of rotatable bonds is 6. The second kappa shape index (κ2) is 9.87. The van der Waals surface area contributed by atoms with Gasteiger partial charge in [-0.3, -0.25) is 4.79 Å². The molecule has 4 nitrogen and oxygen atoms in total. The lowest BCUT2D eigenvalue weighted by Crippen LogP contribution is -2.43. The summed E-state index contributed by atoms with van der Waals surface area (Å²) >= 11 is 0. The summed E-state index contributed by atoms with van der Waals surface area (Å²) in [6.07, 6.45) is 4.19. The smallest absolute Gasteiger partial charge is 0.246 e. The van der Waals surface area contributed by atoms with Gasteiger partial charge in [0.2, 0.25) is 5.91 Å². The van der Waals surface area contributed by atoms with Crippen LogP contribution in [-0.4, -0.2) is 38.3 Å². The van der Waals surface area contributed by atoms with Crippen LogP contribution in [0.1, 0.15) is 32.6 Å². The van der Waals surface area contributed by atoms with Crippen molar-refractivity contribution >= 4 is 18.3 Å². The van der Waals surface area contributed by atoms with Gasteiger partial charge in [0.25, 0.3) is 0 Å². The zero-order chi connectivity index (χ0) is 10.9. The number of carbonyl (C=O) groups is 1. The first-order valence-electron chi connectivity index (χ1n) is 5.90. The van der Waals surface area contributed by atoms with Gasteiger partial charge in [0.15, 0.2) is 0 Å². The fourth-order valence-electron chi connectivity index (χ4n) is 1.65.